The fourth-order valence-electron chi connectivity index (χ4n) is 3.03. The van der Waals surface area contributed by atoms with E-state index in [4.69, 9.17) is 34.8 Å². The van der Waals surface area contributed by atoms with Gasteiger partial charge in [0.25, 0.3) is 0 Å². The van der Waals surface area contributed by atoms with E-state index >= 15 is 0 Å². The van der Waals surface area contributed by atoms with Crippen LogP contribution in [0, 0.1) is 0 Å². The molecule has 0 saturated heterocycles. The average molecular weight is 396 g/mol. The summed E-state index contributed by atoms with van der Waals surface area (Å²) in [6.45, 7) is 4.39. The van der Waals surface area contributed by atoms with Crippen molar-refractivity contribution in [2.45, 2.75) is 19.3 Å². The second-order valence-electron chi connectivity index (χ2n) is 6.23. The van der Waals surface area contributed by atoms with Gasteiger partial charge in [0.2, 0.25) is 0 Å². The highest BCUT2D eigenvalue weighted by molar-refractivity contribution is 6.42. The van der Waals surface area contributed by atoms with Crippen molar-refractivity contribution in [3.63, 3.8) is 0 Å². The van der Waals surface area contributed by atoms with Crippen LogP contribution >= 0.6 is 34.8 Å². The maximum atomic E-state index is 6.07. The van der Waals surface area contributed by atoms with Crippen LogP contribution in [0.1, 0.15) is 19.4 Å². The van der Waals surface area contributed by atoms with Gasteiger partial charge in [-0.3, -0.25) is 5.43 Å². The van der Waals surface area contributed by atoms with Crippen molar-refractivity contribution in [3.05, 3.63) is 62.9 Å². The first-order valence-corrected chi connectivity index (χ1v) is 8.80. The third kappa shape index (κ3) is 3.34. The minimum Gasteiger partial charge on any atom is -0.347 e. The number of rotatable bonds is 3. The van der Waals surface area contributed by atoms with Gasteiger partial charge in [0.05, 0.1) is 10.0 Å². The number of fused-ring (bicyclic) bond motifs is 1. The lowest BCUT2D eigenvalue weighted by atomic mass is 9.84. The molecule has 0 radical (unpaired) electrons. The third-order valence-electron chi connectivity index (χ3n) is 4.30. The fraction of sp³-hybridized carbons (Fsp3) is 0.222. The molecule has 1 aromatic carbocycles. The van der Waals surface area contributed by atoms with Crippen molar-refractivity contribution in [1.29, 1.82) is 0 Å². The van der Waals surface area contributed by atoms with Crippen molar-refractivity contribution in [3.8, 4) is 0 Å². The molecule has 1 aliphatic rings. The molecule has 3 rings (SSSR count). The van der Waals surface area contributed by atoms with Crippen LogP contribution in [0.25, 0.3) is 0 Å². The Hall–Kier alpha value is -1.75. The first kappa shape index (κ1) is 18.1. The second-order valence-corrected chi connectivity index (χ2v) is 7.41. The van der Waals surface area contributed by atoms with E-state index in [1.807, 2.05) is 12.1 Å². The molecule has 0 atom stereocenters. The van der Waals surface area contributed by atoms with Crippen LogP contribution in [0.15, 0.2) is 47.2 Å². The fourth-order valence-corrected chi connectivity index (χ4v) is 3.57. The maximum absolute atomic E-state index is 6.07. The van der Waals surface area contributed by atoms with Crippen LogP contribution in [-0.2, 0) is 5.41 Å². The molecule has 0 amide bonds. The number of hydrazone groups is 1. The summed E-state index contributed by atoms with van der Waals surface area (Å²) in [7, 11) is 2.05. The van der Waals surface area contributed by atoms with Gasteiger partial charge in [0.15, 0.2) is 5.82 Å². The van der Waals surface area contributed by atoms with E-state index in [2.05, 4.69) is 59.5 Å². The summed E-state index contributed by atoms with van der Waals surface area (Å²) in [5.41, 5.74) is 6.33. The van der Waals surface area contributed by atoms with E-state index in [0.717, 1.165) is 5.70 Å². The molecule has 1 aromatic heterocycles. The van der Waals surface area contributed by atoms with E-state index < -0.39 is 0 Å². The number of pyridine rings is 1. The lowest BCUT2D eigenvalue weighted by molar-refractivity contribution is 0.641. The summed E-state index contributed by atoms with van der Waals surface area (Å²) in [6, 6.07) is 9.90. The SMILES string of the molecule is CN1C(=CC=NNc2nc(Cl)c(Cl)cc2Cl)C(C)(C)c2ccccc21. The average Bonchev–Trinajstić information content (AvgIpc) is 2.76. The number of aromatic nitrogens is 1. The molecule has 1 aliphatic heterocycles. The molecule has 2 aromatic rings. The Kier molecular flexibility index (Phi) is 4.96. The normalized spacial score (nSPS) is 17.4. The molecule has 7 heteroatoms. The smallest absolute Gasteiger partial charge is 0.166 e. The molecule has 0 saturated carbocycles. The quantitative estimate of drug-likeness (QED) is 0.408. The van der Waals surface area contributed by atoms with E-state index in [1.165, 1.54) is 17.3 Å². The molecular formula is C18H17Cl3N4. The van der Waals surface area contributed by atoms with Gasteiger partial charge in [-0.15, -0.1) is 0 Å². The van der Waals surface area contributed by atoms with E-state index in [0.29, 0.717) is 15.9 Å². The molecule has 0 spiro atoms. The molecule has 0 fully saturated rings. The minimum atomic E-state index is -0.100. The molecule has 2 heterocycles. The van der Waals surface area contributed by atoms with Gasteiger partial charge in [-0.1, -0.05) is 66.8 Å². The van der Waals surface area contributed by atoms with E-state index in [9.17, 15) is 0 Å². The summed E-state index contributed by atoms with van der Waals surface area (Å²) in [5.74, 6) is 0.355. The Balaban J connectivity index is 1.81. The number of anilines is 2. The summed E-state index contributed by atoms with van der Waals surface area (Å²) in [5, 5.41) is 5.00. The highest BCUT2D eigenvalue weighted by Crippen LogP contribution is 2.46. The van der Waals surface area contributed by atoms with E-state index in [-0.39, 0.29) is 10.6 Å². The van der Waals surface area contributed by atoms with E-state index in [1.54, 1.807) is 6.21 Å². The number of halogens is 3. The number of hydrogen-bond donors (Lipinski definition) is 1. The maximum Gasteiger partial charge on any atom is 0.166 e. The molecule has 1 N–H and O–H groups in total. The molecule has 0 aliphatic carbocycles. The van der Waals surface area contributed by atoms with Crippen molar-refractivity contribution >= 4 is 52.5 Å². The largest absolute Gasteiger partial charge is 0.347 e. The Morgan fingerprint density at radius 1 is 1.16 bits per heavy atom. The zero-order valence-electron chi connectivity index (χ0n) is 14.0. The molecule has 0 bridgehead atoms. The van der Waals surface area contributed by atoms with Crippen LogP contribution in [0.2, 0.25) is 15.2 Å². The lowest BCUT2D eigenvalue weighted by Gasteiger charge is -2.23. The monoisotopic (exact) mass is 394 g/mol. The Morgan fingerprint density at radius 3 is 2.60 bits per heavy atom. The number of likely N-dealkylation sites (N-methyl/N-ethyl adjacent to an activating group) is 1. The van der Waals surface area contributed by atoms with Gasteiger partial charge in [-0.2, -0.15) is 5.10 Å². The lowest BCUT2D eigenvalue weighted by Crippen LogP contribution is -2.23. The zero-order chi connectivity index (χ0) is 18.2. The minimum absolute atomic E-state index is 0.100. The van der Waals surface area contributed by atoms with Crippen molar-refractivity contribution < 1.29 is 0 Å². The highest BCUT2D eigenvalue weighted by atomic mass is 35.5. The summed E-state index contributed by atoms with van der Waals surface area (Å²) in [6.07, 6.45) is 3.65. The number of nitrogens with one attached hydrogen (secondary N) is 1. The topological polar surface area (TPSA) is 40.5 Å². The Bertz CT molecular complexity index is 875. The summed E-state index contributed by atoms with van der Waals surface area (Å²) >= 11 is 17.8. The Labute approximate surface area is 162 Å². The molecule has 0 unspecified atom stereocenters. The van der Waals surface area contributed by atoms with Crippen molar-refractivity contribution in [1.82, 2.24) is 4.98 Å². The van der Waals surface area contributed by atoms with Crippen LogP contribution < -0.4 is 10.3 Å². The zero-order valence-corrected chi connectivity index (χ0v) is 16.3. The molecule has 4 nitrogen and oxygen atoms in total. The molecule has 25 heavy (non-hydrogen) atoms. The number of para-hydroxylation sites is 1. The first-order valence-electron chi connectivity index (χ1n) is 7.67. The van der Waals surface area contributed by atoms with Crippen LogP contribution in [0.4, 0.5) is 11.5 Å². The summed E-state index contributed by atoms with van der Waals surface area (Å²) < 4.78 is 0. The summed E-state index contributed by atoms with van der Waals surface area (Å²) in [4.78, 5) is 6.24. The number of hydrogen-bond acceptors (Lipinski definition) is 4. The van der Waals surface area contributed by atoms with Crippen LogP contribution in [-0.4, -0.2) is 18.2 Å². The van der Waals surface area contributed by atoms with Crippen LogP contribution in [0.3, 0.4) is 0 Å². The molecular weight excluding hydrogens is 379 g/mol. The third-order valence-corrected chi connectivity index (χ3v) is 5.27. The van der Waals surface area contributed by atoms with Gasteiger partial charge in [-0.25, -0.2) is 4.98 Å². The van der Waals surface area contributed by atoms with Gasteiger partial charge in [0, 0.05) is 30.1 Å². The number of allylic oxidation sites excluding steroid dienone is 2. The predicted molar refractivity (Wildman–Crippen MR) is 107 cm³/mol. The number of benzene rings is 1. The van der Waals surface area contributed by atoms with Gasteiger partial charge in [0.1, 0.15) is 5.15 Å². The standard InChI is InChI=1S/C18H17Cl3N4/c1-18(2)11-6-4-5-7-14(11)25(3)15(18)8-9-22-24-17-13(20)10-12(19)16(21)23-17/h4-10H,1-3H3,(H,23,24). The van der Waals surface area contributed by atoms with Gasteiger partial charge in [-0.05, 0) is 23.8 Å². The predicted octanol–water partition coefficient (Wildman–Crippen LogP) is 5.75. The highest BCUT2D eigenvalue weighted by Gasteiger charge is 2.37. The van der Waals surface area contributed by atoms with Gasteiger partial charge < -0.3 is 4.90 Å². The first-order chi connectivity index (χ1) is 11.8. The van der Waals surface area contributed by atoms with Gasteiger partial charge >= 0.3 is 0 Å². The number of nitrogens with zero attached hydrogens (tertiary/aromatic N) is 3. The Morgan fingerprint density at radius 2 is 1.88 bits per heavy atom. The molecule has 130 valence electrons. The van der Waals surface area contributed by atoms with Crippen molar-refractivity contribution in [2.24, 2.45) is 5.10 Å². The van der Waals surface area contributed by atoms with Crippen molar-refractivity contribution in [2.75, 3.05) is 17.4 Å². The van der Waals surface area contributed by atoms with Crippen LogP contribution in [0.5, 0.6) is 0 Å². The second kappa shape index (κ2) is 6.87.